The molecule has 1 atom stereocenters. The van der Waals surface area contributed by atoms with Gasteiger partial charge in [0.15, 0.2) is 0 Å². The summed E-state index contributed by atoms with van der Waals surface area (Å²) in [6.45, 7) is 4.09. The van der Waals surface area contributed by atoms with Gasteiger partial charge in [0.25, 0.3) is 0 Å². The van der Waals surface area contributed by atoms with Gasteiger partial charge < -0.3 is 14.7 Å². The fraction of sp³-hybridized carbons (Fsp3) is 0.875. The number of ether oxygens (including phenoxy) is 1. The first-order valence-corrected chi connectivity index (χ1v) is 8.16. The third kappa shape index (κ3) is 4.43. The molecule has 1 N–H and O–H groups in total. The predicted octanol–water partition coefficient (Wildman–Crippen LogP) is 2.44. The van der Waals surface area contributed by atoms with E-state index in [-0.39, 0.29) is 23.8 Å². The minimum atomic E-state index is -0.785. The Bertz CT molecular complexity index is 370. The maximum absolute atomic E-state index is 12.6. The second-order valence-corrected chi connectivity index (χ2v) is 6.52. The van der Waals surface area contributed by atoms with Crippen LogP contribution in [0.15, 0.2) is 0 Å². The molecular formula is C16H27NO4. The van der Waals surface area contributed by atoms with Gasteiger partial charge in [-0.1, -0.05) is 12.8 Å². The molecule has 120 valence electrons. The zero-order valence-corrected chi connectivity index (χ0v) is 13.0. The molecule has 2 rings (SSSR count). The number of hydrogen-bond donors (Lipinski definition) is 1. The van der Waals surface area contributed by atoms with Crippen molar-refractivity contribution >= 4 is 11.9 Å². The van der Waals surface area contributed by atoms with Crippen molar-refractivity contribution in [3.63, 3.8) is 0 Å². The van der Waals surface area contributed by atoms with E-state index in [0.29, 0.717) is 19.5 Å². The van der Waals surface area contributed by atoms with Gasteiger partial charge in [-0.3, -0.25) is 9.59 Å². The average molecular weight is 297 g/mol. The van der Waals surface area contributed by atoms with Crippen LogP contribution in [0.2, 0.25) is 0 Å². The van der Waals surface area contributed by atoms with Crippen LogP contribution in [0.3, 0.4) is 0 Å². The second kappa shape index (κ2) is 7.25. The first kappa shape index (κ1) is 16.3. The lowest BCUT2D eigenvalue weighted by atomic mass is 9.79. The fourth-order valence-electron chi connectivity index (χ4n) is 3.74. The molecule has 1 amide bonds. The monoisotopic (exact) mass is 297 g/mol. The maximum Gasteiger partial charge on any atom is 0.303 e. The molecule has 0 aromatic rings. The third-order valence-electron chi connectivity index (χ3n) is 4.90. The molecule has 1 aliphatic carbocycles. The smallest absolute Gasteiger partial charge is 0.303 e. The summed E-state index contributed by atoms with van der Waals surface area (Å²) in [5, 5.41) is 9.13. The summed E-state index contributed by atoms with van der Waals surface area (Å²) in [5.41, 5.74) is -0.313. The van der Waals surface area contributed by atoms with Crippen LogP contribution in [-0.2, 0) is 14.3 Å². The van der Waals surface area contributed by atoms with E-state index in [2.05, 4.69) is 0 Å². The molecule has 0 aromatic carbocycles. The van der Waals surface area contributed by atoms with Crippen molar-refractivity contribution in [3.8, 4) is 0 Å². The van der Waals surface area contributed by atoms with Gasteiger partial charge in [-0.25, -0.2) is 0 Å². The van der Waals surface area contributed by atoms with E-state index in [1.54, 1.807) is 0 Å². The Kier molecular flexibility index (Phi) is 5.62. The van der Waals surface area contributed by atoms with Crippen molar-refractivity contribution in [3.05, 3.63) is 0 Å². The summed E-state index contributed by atoms with van der Waals surface area (Å²) in [5.74, 6) is -0.692. The molecular weight excluding hydrogens is 270 g/mol. The lowest BCUT2D eigenvalue weighted by Crippen LogP contribution is -2.40. The first-order valence-electron chi connectivity index (χ1n) is 8.16. The number of carboxylic acid groups (broad SMARTS) is 1. The average Bonchev–Trinajstić information content (AvgIpc) is 3.07. The summed E-state index contributed by atoms with van der Waals surface area (Å²) in [7, 11) is 0. The largest absolute Gasteiger partial charge is 0.481 e. The van der Waals surface area contributed by atoms with Gasteiger partial charge in [0, 0.05) is 26.1 Å². The number of rotatable bonds is 7. The minimum absolute atomic E-state index is 0.0937. The van der Waals surface area contributed by atoms with Gasteiger partial charge >= 0.3 is 5.97 Å². The number of aliphatic carboxylic acids is 1. The van der Waals surface area contributed by atoms with Crippen LogP contribution in [0.25, 0.3) is 0 Å². The van der Waals surface area contributed by atoms with Crippen LogP contribution in [0.4, 0.5) is 0 Å². The van der Waals surface area contributed by atoms with E-state index >= 15 is 0 Å². The normalized spacial score (nSPS) is 24.1. The number of nitrogens with zero attached hydrogens (tertiary/aromatic N) is 1. The van der Waals surface area contributed by atoms with Gasteiger partial charge in [-0.2, -0.15) is 0 Å². The lowest BCUT2D eigenvalue weighted by Gasteiger charge is -2.31. The van der Waals surface area contributed by atoms with E-state index in [0.717, 1.165) is 45.1 Å². The molecule has 5 heteroatoms. The molecule has 5 nitrogen and oxygen atoms in total. The van der Waals surface area contributed by atoms with Crippen LogP contribution in [0.1, 0.15) is 58.3 Å². The maximum atomic E-state index is 12.6. The SMILES string of the molecule is CCN(CC1CCCO1)C(=O)CC1(CC(=O)O)CCCC1. The number of carbonyl (C=O) groups excluding carboxylic acids is 1. The van der Waals surface area contributed by atoms with E-state index in [9.17, 15) is 9.59 Å². The number of carboxylic acids is 1. The summed E-state index contributed by atoms with van der Waals surface area (Å²) in [6, 6.07) is 0. The topological polar surface area (TPSA) is 66.8 Å². The standard InChI is InChI=1S/C16H27NO4/c1-2-17(12-13-6-5-9-21-13)14(18)10-16(11-15(19)20)7-3-4-8-16/h13H,2-12H2,1H3,(H,19,20). The number of hydrogen-bond acceptors (Lipinski definition) is 3. The molecule has 1 unspecified atom stereocenters. The molecule has 0 aromatic heterocycles. The Morgan fingerprint density at radius 3 is 2.48 bits per heavy atom. The van der Waals surface area contributed by atoms with Crippen LogP contribution in [0, 0.1) is 5.41 Å². The molecule has 1 aliphatic heterocycles. The highest BCUT2D eigenvalue weighted by molar-refractivity contribution is 5.78. The molecule has 1 heterocycles. The molecule has 1 saturated heterocycles. The molecule has 2 fully saturated rings. The van der Waals surface area contributed by atoms with Crippen LogP contribution in [0.5, 0.6) is 0 Å². The summed E-state index contributed by atoms with van der Waals surface area (Å²) < 4.78 is 5.61. The van der Waals surface area contributed by atoms with Crippen molar-refractivity contribution in [1.82, 2.24) is 4.90 Å². The molecule has 0 radical (unpaired) electrons. The Morgan fingerprint density at radius 2 is 1.95 bits per heavy atom. The highest BCUT2D eigenvalue weighted by Gasteiger charge is 2.39. The van der Waals surface area contributed by atoms with Gasteiger partial charge in [-0.15, -0.1) is 0 Å². The Hall–Kier alpha value is -1.10. The van der Waals surface area contributed by atoms with Crippen LogP contribution < -0.4 is 0 Å². The van der Waals surface area contributed by atoms with Crippen LogP contribution >= 0.6 is 0 Å². The molecule has 2 aliphatic rings. The Labute approximate surface area is 126 Å². The van der Waals surface area contributed by atoms with Crippen LogP contribution in [-0.4, -0.2) is 47.7 Å². The van der Waals surface area contributed by atoms with E-state index in [1.165, 1.54) is 0 Å². The number of amides is 1. The molecule has 1 saturated carbocycles. The van der Waals surface area contributed by atoms with E-state index in [1.807, 2.05) is 11.8 Å². The fourth-order valence-corrected chi connectivity index (χ4v) is 3.74. The first-order chi connectivity index (χ1) is 10.0. The summed E-state index contributed by atoms with van der Waals surface area (Å²) >= 11 is 0. The number of carbonyl (C=O) groups is 2. The molecule has 0 bridgehead atoms. The lowest BCUT2D eigenvalue weighted by molar-refractivity contribution is -0.141. The van der Waals surface area contributed by atoms with E-state index in [4.69, 9.17) is 9.84 Å². The Balaban J connectivity index is 1.94. The third-order valence-corrected chi connectivity index (χ3v) is 4.90. The van der Waals surface area contributed by atoms with Gasteiger partial charge in [0.1, 0.15) is 0 Å². The van der Waals surface area contributed by atoms with Gasteiger partial charge in [0.05, 0.1) is 12.5 Å². The van der Waals surface area contributed by atoms with E-state index < -0.39 is 5.97 Å². The number of likely N-dealkylation sites (N-methyl/N-ethyl adjacent to an activating group) is 1. The minimum Gasteiger partial charge on any atom is -0.481 e. The zero-order valence-electron chi connectivity index (χ0n) is 13.0. The predicted molar refractivity (Wildman–Crippen MR) is 79.0 cm³/mol. The Morgan fingerprint density at radius 1 is 1.24 bits per heavy atom. The van der Waals surface area contributed by atoms with Gasteiger partial charge in [0.2, 0.25) is 5.91 Å². The van der Waals surface area contributed by atoms with Crippen molar-refractivity contribution < 1.29 is 19.4 Å². The van der Waals surface area contributed by atoms with Gasteiger partial charge in [-0.05, 0) is 38.0 Å². The highest BCUT2D eigenvalue weighted by Crippen LogP contribution is 2.44. The van der Waals surface area contributed by atoms with Crippen molar-refractivity contribution in [2.45, 2.75) is 64.4 Å². The molecule has 21 heavy (non-hydrogen) atoms. The van der Waals surface area contributed by atoms with Crippen molar-refractivity contribution in [2.24, 2.45) is 5.41 Å². The second-order valence-electron chi connectivity index (χ2n) is 6.52. The summed E-state index contributed by atoms with van der Waals surface area (Å²) in [4.78, 5) is 25.5. The van der Waals surface area contributed by atoms with Crippen molar-refractivity contribution in [1.29, 1.82) is 0 Å². The quantitative estimate of drug-likeness (QED) is 0.784. The zero-order chi connectivity index (χ0) is 15.3. The van der Waals surface area contributed by atoms with Crippen molar-refractivity contribution in [2.75, 3.05) is 19.7 Å². The summed E-state index contributed by atoms with van der Waals surface area (Å²) in [6.07, 6.45) is 6.55. The molecule has 0 spiro atoms. The highest BCUT2D eigenvalue weighted by atomic mass is 16.5.